The minimum absolute atomic E-state index is 0.00964. The molecule has 0 bridgehead atoms. The summed E-state index contributed by atoms with van der Waals surface area (Å²) < 4.78 is 7.51. The molecule has 37 heavy (non-hydrogen) atoms. The highest BCUT2D eigenvalue weighted by atomic mass is 16.6. The molecule has 1 heterocycles. The molecule has 1 aromatic heterocycles. The predicted molar refractivity (Wildman–Crippen MR) is 132 cm³/mol. The summed E-state index contributed by atoms with van der Waals surface area (Å²) in [5.41, 5.74) is 0.0844. The molecule has 0 amide bonds. The number of aromatic nitrogens is 2. The minimum Gasteiger partial charge on any atom is -0.490 e. The lowest BCUT2D eigenvalue weighted by Crippen LogP contribution is -2.38. The summed E-state index contributed by atoms with van der Waals surface area (Å²) in [7, 11) is 4.42. The van der Waals surface area contributed by atoms with Crippen molar-refractivity contribution in [2.45, 2.75) is 12.8 Å². The lowest BCUT2D eigenvalue weighted by molar-refractivity contribution is -0.385. The molecule has 0 spiro atoms. The van der Waals surface area contributed by atoms with Gasteiger partial charge >= 0.3 is 23.3 Å². The van der Waals surface area contributed by atoms with Crippen molar-refractivity contribution in [2.24, 2.45) is 14.1 Å². The number of nitro groups is 1. The highest BCUT2D eigenvalue weighted by Gasteiger charge is 2.15. The van der Waals surface area contributed by atoms with Crippen LogP contribution < -0.4 is 21.3 Å². The summed E-state index contributed by atoms with van der Waals surface area (Å²) >= 11 is 0. The van der Waals surface area contributed by atoms with Gasteiger partial charge in [0.2, 0.25) is 0 Å². The number of nitrogens with zero attached hydrogens (tertiary/aromatic N) is 4. The molecule has 15 heteroatoms. The van der Waals surface area contributed by atoms with Gasteiger partial charge in [-0.2, -0.15) is 0 Å². The quantitative estimate of drug-likeness (QED) is 0.157. The second-order valence-corrected chi connectivity index (χ2v) is 7.74. The summed E-state index contributed by atoms with van der Waals surface area (Å²) in [6, 6.07) is 6.21. The number of aryl methyl sites for hydroxylation is 1. The van der Waals surface area contributed by atoms with Crippen LogP contribution in [-0.2, 0) is 30.1 Å². The third-order valence-electron chi connectivity index (χ3n) is 5.24. The first kappa shape index (κ1) is 30.8. The van der Waals surface area contributed by atoms with Crippen molar-refractivity contribution < 1.29 is 34.6 Å². The van der Waals surface area contributed by atoms with Gasteiger partial charge in [-0.15, -0.1) is 0 Å². The van der Waals surface area contributed by atoms with E-state index in [1.165, 1.54) is 30.9 Å². The van der Waals surface area contributed by atoms with Crippen LogP contribution in [0.25, 0.3) is 0 Å². The Labute approximate surface area is 211 Å². The Morgan fingerprint density at radius 3 is 2.27 bits per heavy atom. The molecule has 0 radical (unpaired) electrons. The van der Waals surface area contributed by atoms with Gasteiger partial charge in [-0.05, 0) is 31.0 Å². The molecule has 0 fully saturated rings. The van der Waals surface area contributed by atoms with Crippen molar-refractivity contribution in [3.8, 4) is 5.75 Å². The summed E-state index contributed by atoms with van der Waals surface area (Å²) in [6.07, 6.45) is 1.48. The number of rotatable bonds is 12. The van der Waals surface area contributed by atoms with Crippen molar-refractivity contribution in [3.05, 3.63) is 60.8 Å². The van der Waals surface area contributed by atoms with E-state index >= 15 is 0 Å². The fraction of sp³-hybridized carbons (Fsp3) is 0.455. The van der Waals surface area contributed by atoms with E-state index in [-0.39, 0.29) is 23.6 Å². The Balaban J connectivity index is 0.00000102. The van der Waals surface area contributed by atoms with E-state index in [9.17, 15) is 24.8 Å². The van der Waals surface area contributed by atoms with E-state index in [0.29, 0.717) is 38.4 Å². The largest absolute Gasteiger partial charge is 0.490 e. The Morgan fingerprint density at radius 1 is 1.08 bits per heavy atom. The number of benzene rings is 1. The number of carbonyl (C=O) groups is 2. The van der Waals surface area contributed by atoms with Crippen LogP contribution in [0.3, 0.4) is 0 Å². The molecule has 2 rings (SSSR count). The normalized spacial score (nSPS) is 10.4. The van der Waals surface area contributed by atoms with Crippen molar-refractivity contribution >= 4 is 23.4 Å². The van der Waals surface area contributed by atoms with Crippen LogP contribution in [0.5, 0.6) is 5.75 Å². The van der Waals surface area contributed by atoms with E-state index in [1.54, 1.807) is 19.2 Å². The van der Waals surface area contributed by atoms with Gasteiger partial charge < -0.3 is 25.4 Å². The first-order valence-electron chi connectivity index (χ1n) is 11.0. The van der Waals surface area contributed by atoms with Gasteiger partial charge in [0.15, 0.2) is 5.75 Å². The standard InChI is InChI=1S/C20H29N5O6.C2H2O4/c1-22-18(14-19(27)23(2)20(22)28)21-8-10-24(11-12-26)9-4-5-15-6-7-16(25(29)30)17(13-15)31-3;3-1(4)2(5)6/h6-7,13-14,21,26H,4-5,8-12H2,1-3H3;(H,3,4)(H,5,6). The predicted octanol–water partition coefficient (Wildman–Crippen LogP) is -0.505. The van der Waals surface area contributed by atoms with Gasteiger partial charge in [0.05, 0.1) is 18.6 Å². The number of ether oxygens (including phenoxy) is 1. The number of hydrogen-bond donors (Lipinski definition) is 4. The van der Waals surface area contributed by atoms with Crippen molar-refractivity contribution in [2.75, 3.05) is 45.2 Å². The van der Waals surface area contributed by atoms with E-state index in [2.05, 4.69) is 10.2 Å². The number of hydrogen-bond acceptors (Lipinski definition) is 10. The molecule has 0 aliphatic carbocycles. The SMILES string of the molecule is COc1cc(CCCN(CCO)CCNc2cc(=O)n(C)c(=O)n2C)ccc1[N+](=O)[O-].O=C(O)C(=O)O. The smallest absolute Gasteiger partial charge is 0.414 e. The minimum atomic E-state index is -1.82. The van der Waals surface area contributed by atoms with Crippen LogP contribution in [0.1, 0.15) is 12.0 Å². The van der Waals surface area contributed by atoms with Crippen molar-refractivity contribution in [1.82, 2.24) is 14.0 Å². The van der Waals surface area contributed by atoms with Crippen molar-refractivity contribution in [3.63, 3.8) is 0 Å². The maximum absolute atomic E-state index is 12.0. The average Bonchev–Trinajstić information content (AvgIpc) is 2.85. The Bertz CT molecular complexity index is 1200. The fourth-order valence-corrected chi connectivity index (χ4v) is 3.26. The molecule has 1 aromatic carbocycles. The number of aliphatic hydroxyl groups is 1. The number of carboxylic acids is 2. The Morgan fingerprint density at radius 2 is 1.73 bits per heavy atom. The number of anilines is 1. The lowest BCUT2D eigenvalue weighted by Gasteiger charge is -2.22. The highest BCUT2D eigenvalue weighted by Crippen LogP contribution is 2.27. The zero-order valence-electron chi connectivity index (χ0n) is 20.7. The van der Waals surface area contributed by atoms with Gasteiger partial charge in [-0.25, -0.2) is 14.4 Å². The molecule has 15 nitrogen and oxygen atoms in total. The van der Waals surface area contributed by atoms with Crippen molar-refractivity contribution in [1.29, 1.82) is 0 Å². The molecule has 2 aromatic rings. The number of aliphatic carboxylic acids is 2. The summed E-state index contributed by atoms with van der Waals surface area (Å²) in [4.78, 5) is 54.6. The first-order chi connectivity index (χ1) is 17.4. The maximum atomic E-state index is 12.0. The molecule has 0 saturated carbocycles. The highest BCUT2D eigenvalue weighted by molar-refractivity contribution is 6.27. The van der Waals surface area contributed by atoms with Crippen LogP contribution in [0.4, 0.5) is 11.5 Å². The van der Waals surface area contributed by atoms with E-state index in [4.69, 9.17) is 24.5 Å². The molecule has 204 valence electrons. The zero-order valence-corrected chi connectivity index (χ0v) is 20.7. The Kier molecular flexibility index (Phi) is 12.5. The monoisotopic (exact) mass is 525 g/mol. The van der Waals surface area contributed by atoms with Gasteiger partial charge in [0, 0.05) is 45.9 Å². The lowest BCUT2D eigenvalue weighted by atomic mass is 10.1. The second kappa shape index (κ2) is 15.0. The van der Waals surface area contributed by atoms with Gasteiger partial charge in [0.1, 0.15) is 5.82 Å². The average molecular weight is 526 g/mol. The number of methoxy groups -OCH3 is 1. The molecule has 0 unspecified atom stereocenters. The maximum Gasteiger partial charge on any atom is 0.414 e. The number of aliphatic hydroxyl groups excluding tert-OH is 1. The number of nitrogens with one attached hydrogen (secondary N) is 1. The molecule has 0 aliphatic rings. The topological polar surface area (TPSA) is 206 Å². The number of carboxylic acid groups (broad SMARTS) is 2. The second-order valence-electron chi connectivity index (χ2n) is 7.74. The van der Waals surface area contributed by atoms with Crippen LogP contribution in [0.2, 0.25) is 0 Å². The Hall–Kier alpha value is -4.24. The first-order valence-corrected chi connectivity index (χ1v) is 11.0. The molecule has 0 aliphatic heterocycles. The van der Waals surface area contributed by atoms with Gasteiger partial charge in [-0.1, -0.05) is 6.07 Å². The molecular weight excluding hydrogens is 494 g/mol. The molecule has 4 N–H and O–H groups in total. The molecule has 0 atom stereocenters. The van der Waals surface area contributed by atoms with E-state index in [1.807, 2.05) is 0 Å². The van der Waals surface area contributed by atoms with E-state index < -0.39 is 22.6 Å². The number of nitro benzene ring substituents is 1. The van der Waals surface area contributed by atoms with Crippen LogP contribution in [0.15, 0.2) is 33.9 Å². The third kappa shape index (κ3) is 9.73. The summed E-state index contributed by atoms with van der Waals surface area (Å²) in [6.45, 7) is 2.30. The van der Waals surface area contributed by atoms with Crippen LogP contribution in [0, 0.1) is 10.1 Å². The van der Waals surface area contributed by atoms with Crippen LogP contribution >= 0.6 is 0 Å². The summed E-state index contributed by atoms with van der Waals surface area (Å²) in [5.74, 6) is -2.97. The fourth-order valence-electron chi connectivity index (χ4n) is 3.26. The van der Waals surface area contributed by atoms with Crippen LogP contribution in [-0.4, -0.2) is 86.1 Å². The third-order valence-corrected chi connectivity index (χ3v) is 5.24. The summed E-state index contributed by atoms with van der Waals surface area (Å²) in [5, 5.41) is 38.2. The zero-order chi connectivity index (χ0) is 28.1. The van der Waals surface area contributed by atoms with Gasteiger partial charge in [0.25, 0.3) is 5.56 Å². The molecule has 0 saturated heterocycles. The molecular formula is C22H31N5O10. The van der Waals surface area contributed by atoms with E-state index in [0.717, 1.165) is 16.6 Å². The van der Waals surface area contributed by atoms with Gasteiger partial charge in [-0.3, -0.25) is 28.9 Å².